The SMILES string of the molecule is Cc1cn(-c2cc(NC(=O)c3ccc(C)c(C#Cc4nn(C(C)C)c5ncnc(N)c45)c3)cc(C(F)(F)F)c2)cn1. The number of nitrogens with two attached hydrogens (primary N) is 1. The van der Waals surface area contributed by atoms with Gasteiger partial charge in [0.2, 0.25) is 0 Å². The van der Waals surface area contributed by atoms with Crippen LogP contribution in [0.3, 0.4) is 0 Å². The molecule has 41 heavy (non-hydrogen) atoms. The second-order valence-corrected chi connectivity index (χ2v) is 9.77. The number of aromatic nitrogens is 6. The van der Waals surface area contributed by atoms with Gasteiger partial charge in [-0.3, -0.25) is 4.79 Å². The van der Waals surface area contributed by atoms with E-state index < -0.39 is 17.6 Å². The maximum atomic E-state index is 13.6. The molecule has 208 valence electrons. The van der Waals surface area contributed by atoms with Crippen LogP contribution >= 0.6 is 0 Å². The number of anilines is 2. The molecule has 0 radical (unpaired) electrons. The van der Waals surface area contributed by atoms with Gasteiger partial charge in [-0.15, -0.1) is 0 Å². The Labute approximate surface area is 233 Å². The molecule has 0 spiro atoms. The predicted octanol–water partition coefficient (Wildman–Crippen LogP) is 5.46. The zero-order chi connectivity index (χ0) is 29.5. The number of carbonyl (C=O) groups is 1. The fraction of sp³-hybridized carbons (Fsp3) is 0.207. The van der Waals surface area contributed by atoms with Crippen molar-refractivity contribution in [2.45, 2.75) is 39.9 Å². The number of carbonyl (C=O) groups excluding carboxylic acids is 1. The number of nitrogens with zero attached hydrogens (tertiary/aromatic N) is 6. The summed E-state index contributed by atoms with van der Waals surface area (Å²) in [6.07, 6.45) is -0.238. The van der Waals surface area contributed by atoms with E-state index in [0.29, 0.717) is 28.0 Å². The van der Waals surface area contributed by atoms with Crippen molar-refractivity contribution in [2.24, 2.45) is 0 Å². The molecule has 0 saturated carbocycles. The van der Waals surface area contributed by atoms with Gasteiger partial charge in [0, 0.05) is 34.7 Å². The third kappa shape index (κ3) is 5.60. The minimum absolute atomic E-state index is 0.00488. The molecule has 9 nitrogen and oxygen atoms in total. The Bertz CT molecular complexity index is 1860. The molecule has 0 aliphatic carbocycles. The van der Waals surface area contributed by atoms with Crippen molar-refractivity contribution in [3.8, 4) is 17.5 Å². The molecule has 5 rings (SSSR count). The third-order valence-electron chi connectivity index (χ3n) is 6.34. The number of fused-ring (bicyclic) bond motifs is 1. The lowest BCUT2D eigenvalue weighted by molar-refractivity contribution is -0.137. The van der Waals surface area contributed by atoms with Crippen molar-refractivity contribution < 1.29 is 18.0 Å². The Balaban J connectivity index is 1.48. The highest BCUT2D eigenvalue weighted by molar-refractivity contribution is 6.04. The Hall–Kier alpha value is -5.18. The number of nitrogens with one attached hydrogen (secondary N) is 1. The molecule has 3 aromatic heterocycles. The van der Waals surface area contributed by atoms with Crippen molar-refractivity contribution in [2.75, 3.05) is 11.1 Å². The summed E-state index contributed by atoms with van der Waals surface area (Å²) in [6.45, 7) is 7.47. The van der Waals surface area contributed by atoms with Crippen LogP contribution in [0.2, 0.25) is 0 Å². The van der Waals surface area contributed by atoms with Gasteiger partial charge < -0.3 is 15.6 Å². The molecule has 3 N–H and O–H groups in total. The van der Waals surface area contributed by atoms with Crippen molar-refractivity contribution in [1.29, 1.82) is 0 Å². The summed E-state index contributed by atoms with van der Waals surface area (Å²) >= 11 is 0. The average Bonchev–Trinajstić information content (AvgIpc) is 3.52. The first-order valence-electron chi connectivity index (χ1n) is 12.6. The fourth-order valence-electron chi connectivity index (χ4n) is 4.23. The van der Waals surface area contributed by atoms with Crippen molar-refractivity contribution in [3.63, 3.8) is 0 Å². The molecule has 12 heteroatoms. The van der Waals surface area contributed by atoms with Crippen molar-refractivity contribution in [3.05, 3.63) is 88.9 Å². The van der Waals surface area contributed by atoms with E-state index in [9.17, 15) is 18.0 Å². The lowest BCUT2D eigenvalue weighted by Crippen LogP contribution is -2.14. The van der Waals surface area contributed by atoms with Crippen molar-refractivity contribution >= 4 is 28.4 Å². The van der Waals surface area contributed by atoms with Gasteiger partial charge in [-0.1, -0.05) is 12.0 Å². The Kier molecular flexibility index (Phi) is 6.96. The van der Waals surface area contributed by atoms with E-state index in [1.54, 1.807) is 36.0 Å². The number of rotatable bonds is 4. The summed E-state index contributed by atoms with van der Waals surface area (Å²) < 4.78 is 44.1. The largest absolute Gasteiger partial charge is 0.416 e. The standard InChI is InChI=1S/C29H25F3N8O/c1-16(2)40-27-25(26(33)34-14-35-27)24(38-40)8-7-19-9-20(6-5-17(19)3)28(41)37-22-10-21(29(30,31)32)11-23(12-22)39-13-18(4)36-15-39/h5-6,9-16H,1-4H3,(H,37,41)(H2,33,34,35). The molecule has 5 aromatic rings. The van der Waals surface area contributed by atoms with E-state index in [2.05, 4.69) is 37.2 Å². The summed E-state index contributed by atoms with van der Waals surface area (Å²) in [4.78, 5) is 25.6. The normalized spacial score (nSPS) is 11.5. The topological polar surface area (TPSA) is 117 Å². The second kappa shape index (κ2) is 10.4. The van der Waals surface area contributed by atoms with E-state index in [1.807, 2.05) is 20.8 Å². The minimum Gasteiger partial charge on any atom is -0.383 e. The Morgan fingerprint density at radius 2 is 1.83 bits per heavy atom. The highest BCUT2D eigenvalue weighted by Gasteiger charge is 2.31. The fourth-order valence-corrected chi connectivity index (χ4v) is 4.23. The lowest BCUT2D eigenvalue weighted by atomic mass is 10.0. The molecular formula is C29H25F3N8O. The van der Waals surface area contributed by atoms with Gasteiger partial charge in [0.25, 0.3) is 5.91 Å². The summed E-state index contributed by atoms with van der Waals surface area (Å²) in [5, 5.41) is 7.68. The average molecular weight is 559 g/mol. The van der Waals surface area contributed by atoms with E-state index in [0.717, 1.165) is 17.7 Å². The van der Waals surface area contributed by atoms with Crippen LogP contribution < -0.4 is 11.1 Å². The Morgan fingerprint density at radius 1 is 1.05 bits per heavy atom. The van der Waals surface area contributed by atoms with Gasteiger partial charge in [-0.2, -0.15) is 18.3 Å². The molecule has 0 fully saturated rings. The first-order chi connectivity index (χ1) is 19.4. The lowest BCUT2D eigenvalue weighted by Gasteiger charge is -2.14. The zero-order valence-corrected chi connectivity index (χ0v) is 22.6. The molecule has 1 amide bonds. The van der Waals surface area contributed by atoms with Gasteiger partial charge >= 0.3 is 6.18 Å². The smallest absolute Gasteiger partial charge is 0.383 e. The summed E-state index contributed by atoms with van der Waals surface area (Å²) in [7, 11) is 0. The Morgan fingerprint density at radius 3 is 2.51 bits per heavy atom. The summed E-state index contributed by atoms with van der Waals surface area (Å²) in [6, 6.07) is 8.22. The highest BCUT2D eigenvalue weighted by atomic mass is 19.4. The third-order valence-corrected chi connectivity index (χ3v) is 6.34. The number of benzene rings is 2. The molecule has 0 unspecified atom stereocenters. The van der Waals surface area contributed by atoms with E-state index in [-0.39, 0.29) is 28.8 Å². The maximum absolute atomic E-state index is 13.6. The van der Waals surface area contributed by atoms with Gasteiger partial charge in [0.15, 0.2) is 5.65 Å². The number of alkyl halides is 3. The van der Waals surface area contributed by atoms with Crippen molar-refractivity contribution in [1.82, 2.24) is 29.3 Å². The molecule has 3 heterocycles. The van der Waals surface area contributed by atoms with Gasteiger partial charge in [0.05, 0.1) is 23.0 Å². The van der Waals surface area contributed by atoms with Crippen LogP contribution in [0.4, 0.5) is 24.7 Å². The van der Waals surface area contributed by atoms with Gasteiger partial charge in [0.1, 0.15) is 17.8 Å². The zero-order valence-electron chi connectivity index (χ0n) is 22.6. The first kappa shape index (κ1) is 27.4. The first-order valence-corrected chi connectivity index (χ1v) is 12.6. The minimum atomic E-state index is -4.61. The quantitative estimate of drug-likeness (QED) is 0.283. The number of hydrogen-bond donors (Lipinski definition) is 2. The van der Waals surface area contributed by atoms with E-state index in [1.165, 1.54) is 23.3 Å². The number of amides is 1. The highest BCUT2D eigenvalue weighted by Crippen LogP contribution is 2.33. The van der Waals surface area contributed by atoms with Crippen LogP contribution in [0.25, 0.3) is 16.7 Å². The van der Waals surface area contributed by atoms with E-state index in [4.69, 9.17) is 5.73 Å². The van der Waals surface area contributed by atoms with Gasteiger partial charge in [-0.05, 0) is 69.5 Å². The summed E-state index contributed by atoms with van der Waals surface area (Å²) in [5.74, 6) is 5.73. The molecule has 0 bridgehead atoms. The molecule has 2 aromatic carbocycles. The number of hydrogen-bond acceptors (Lipinski definition) is 6. The number of halogens is 3. The number of imidazole rings is 1. The van der Waals surface area contributed by atoms with Crippen LogP contribution in [-0.4, -0.2) is 35.2 Å². The van der Waals surface area contributed by atoms with Gasteiger partial charge in [-0.25, -0.2) is 19.6 Å². The molecule has 0 aliphatic heterocycles. The molecule has 0 aliphatic rings. The van der Waals surface area contributed by atoms with Crippen LogP contribution in [0, 0.1) is 25.7 Å². The second-order valence-electron chi connectivity index (χ2n) is 9.77. The van der Waals surface area contributed by atoms with Crippen LogP contribution in [0.15, 0.2) is 55.2 Å². The molecule has 0 saturated heterocycles. The van der Waals surface area contributed by atoms with Crippen LogP contribution in [0.5, 0.6) is 0 Å². The van der Waals surface area contributed by atoms with E-state index >= 15 is 0 Å². The van der Waals surface area contributed by atoms with Crippen LogP contribution in [0.1, 0.15) is 58.3 Å². The molecule has 0 atom stereocenters. The summed E-state index contributed by atoms with van der Waals surface area (Å²) in [5.41, 5.74) is 8.54. The number of aryl methyl sites for hydroxylation is 2. The predicted molar refractivity (Wildman–Crippen MR) is 149 cm³/mol. The maximum Gasteiger partial charge on any atom is 0.416 e. The molecular weight excluding hydrogens is 533 g/mol. The van der Waals surface area contributed by atoms with Crippen LogP contribution in [-0.2, 0) is 6.18 Å². The monoisotopic (exact) mass is 558 g/mol. The number of nitrogen functional groups attached to an aromatic ring is 1.